The zero-order valence-electron chi connectivity index (χ0n) is 22.5. The Bertz CT molecular complexity index is 1330. The van der Waals surface area contributed by atoms with E-state index in [-0.39, 0.29) is 5.37 Å². The molecule has 3 aliphatic rings. The van der Waals surface area contributed by atoms with Crippen LogP contribution < -0.4 is 9.80 Å². The number of benzene rings is 2. The van der Waals surface area contributed by atoms with E-state index in [4.69, 9.17) is 23.2 Å². The molecule has 7 heteroatoms. The van der Waals surface area contributed by atoms with Crippen LogP contribution in [0, 0.1) is 0 Å². The van der Waals surface area contributed by atoms with Gasteiger partial charge in [-0.3, -0.25) is 0 Å². The van der Waals surface area contributed by atoms with E-state index >= 15 is 0 Å². The van der Waals surface area contributed by atoms with Crippen LogP contribution in [0.3, 0.4) is 0 Å². The van der Waals surface area contributed by atoms with Gasteiger partial charge in [-0.2, -0.15) is 0 Å². The van der Waals surface area contributed by atoms with E-state index in [1.807, 2.05) is 35.7 Å². The number of rotatable bonds is 8. The van der Waals surface area contributed by atoms with Crippen LogP contribution in [0.15, 0.2) is 92.4 Å². The highest BCUT2D eigenvalue weighted by Crippen LogP contribution is 2.48. The lowest BCUT2D eigenvalue weighted by Gasteiger charge is -2.25. The fourth-order valence-electron chi connectivity index (χ4n) is 5.52. The summed E-state index contributed by atoms with van der Waals surface area (Å²) in [4.78, 5) is 9.89. The van der Waals surface area contributed by atoms with Crippen molar-refractivity contribution in [3.63, 3.8) is 0 Å². The fraction of sp³-hybridized carbons (Fsp3) is 0.355. The first kappa shape index (κ1) is 27.6. The number of fused-ring (bicyclic) bond motifs is 2. The van der Waals surface area contributed by atoms with E-state index in [0.29, 0.717) is 0 Å². The molecule has 2 aromatic carbocycles. The highest BCUT2D eigenvalue weighted by Gasteiger charge is 2.29. The van der Waals surface area contributed by atoms with Gasteiger partial charge in [0.25, 0.3) is 0 Å². The summed E-state index contributed by atoms with van der Waals surface area (Å²) in [7, 11) is 0. The second-order valence-electron chi connectivity index (χ2n) is 9.47. The highest BCUT2D eigenvalue weighted by molar-refractivity contribution is 8.03. The number of allylic oxidation sites excluding steroid dienone is 5. The predicted octanol–water partition coefficient (Wildman–Crippen LogP) is 9.60. The number of anilines is 2. The summed E-state index contributed by atoms with van der Waals surface area (Å²) in [5.41, 5.74) is 6.72. The molecule has 38 heavy (non-hydrogen) atoms. The molecule has 0 saturated carbocycles. The molecular formula is C31H35Cl2N3S2. The van der Waals surface area contributed by atoms with Gasteiger partial charge in [0.2, 0.25) is 0 Å². The quantitative estimate of drug-likeness (QED) is 0.305. The average Bonchev–Trinajstić information content (AvgIpc) is 3.59. The van der Waals surface area contributed by atoms with Crippen molar-refractivity contribution >= 4 is 58.1 Å². The predicted molar refractivity (Wildman–Crippen MR) is 169 cm³/mol. The molecule has 1 unspecified atom stereocenters. The second-order valence-corrected chi connectivity index (χ2v) is 12.6. The van der Waals surface area contributed by atoms with Gasteiger partial charge in [0, 0.05) is 51.7 Å². The molecule has 3 nitrogen and oxygen atoms in total. The monoisotopic (exact) mass is 583 g/mol. The Morgan fingerprint density at radius 1 is 0.895 bits per heavy atom. The highest BCUT2D eigenvalue weighted by atomic mass is 35.5. The van der Waals surface area contributed by atoms with Crippen molar-refractivity contribution in [2.24, 2.45) is 0 Å². The Morgan fingerprint density at radius 2 is 1.61 bits per heavy atom. The summed E-state index contributed by atoms with van der Waals surface area (Å²) in [6.07, 6.45) is 11.6. The topological polar surface area (TPSA) is 9.72 Å². The molecule has 0 N–H and O–H groups in total. The third-order valence-electron chi connectivity index (χ3n) is 7.38. The summed E-state index contributed by atoms with van der Waals surface area (Å²) in [5, 5.41) is 3.13. The van der Waals surface area contributed by atoms with Crippen molar-refractivity contribution in [2.45, 2.75) is 55.7 Å². The minimum absolute atomic E-state index is 0.285. The lowest BCUT2D eigenvalue weighted by atomic mass is 10.1. The maximum atomic E-state index is 6.32. The molecule has 0 saturated heterocycles. The van der Waals surface area contributed by atoms with Crippen LogP contribution in [0.5, 0.6) is 0 Å². The molecule has 0 bridgehead atoms. The van der Waals surface area contributed by atoms with E-state index in [2.05, 4.69) is 91.0 Å². The molecule has 1 aliphatic carbocycles. The van der Waals surface area contributed by atoms with E-state index in [9.17, 15) is 0 Å². The zero-order valence-corrected chi connectivity index (χ0v) is 25.7. The first-order chi connectivity index (χ1) is 18.5. The number of thioether (sulfide) groups is 2. The summed E-state index contributed by atoms with van der Waals surface area (Å²) in [5.74, 6) is 0. The van der Waals surface area contributed by atoms with E-state index in [0.717, 1.165) is 49.1 Å². The third kappa shape index (κ3) is 5.40. The minimum Gasteiger partial charge on any atom is -0.372 e. The molecule has 5 rings (SSSR count). The van der Waals surface area contributed by atoms with Crippen LogP contribution in [-0.2, 0) is 0 Å². The smallest absolute Gasteiger partial charge is 0.0985 e. The van der Waals surface area contributed by atoms with Gasteiger partial charge >= 0.3 is 0 Å². The Labute approximate surface area is 246 Å². The molecular weight excluding hydrogens is 549 g/mol. The minimum atomic E-state index is 0.285. The van der Waals surface area contributed by atoms with Crippen LogP contribution in [0.1, 0.15) is 40.5 Å². The number of halogens is 2. The van der Waals surface area contributed by atoms with Crippen molar-refractivity contribution in [2.75, 3.05) is 36.0 Å². The largest absolute Gasteiger partial charge is 0.372 e. The molecule has 0 radical (unpaired) electrons. The van der Waals surface area contributed by atoms with E-state index < -0.39 is 0 Å². The Kier molecular flexibility index (Phi) is 8.79. The van der Waals surface area contributed by atoms with Crippen molar-refractivity contribution < 1.29 is 0 Å². The molecule has 2 heterocycles. The summed E-state index contributed by atoms with van der Waals surface area (Å²) in [6.45, 7) is 12.8. The number of hydrogen-bond acceptors (Lipinski definition) is 5. The van der Waals surface area contributed by atoms with Crippen LogP contribution >= 0.6 is 46.7 Å². The molecule has 200 valence electrons. The van der Waals surface area contributed by atoms with Gasteiger partial charge in [-0.05, 0) is 94.2 Å². The van der Waals surface area contributed by atoms with E-state index in [1.165, 1.54) is 43.0 Å². The van der Waals surface area contributed by atoms with Gasteiger partial charge in [0.15, 0.2) is 0 Å². The normalized spacial score (nSPS) is 20.9. The lowest BCUT2D eigenvalue weighted by molar-refractivity contribution is 0.389. The second kappa shape index (κ2) is 12.1. The average molecular weight is 585 g/mol. The molecule has 0 aromatic heterocycles. The SMILES string of the molecule is CCN(CC)C1=C(C=CC2Sc3ccc(Cl)cc3N2CC)CCC1=CC=C1Sc2ccc(Cl)cc2N1CC. The molecule has 0 spiro atoms. The zero-order chi connectivity index (χ0) is 26.8. The Balaban J connectivity index is 1.43. The molecule has 2 aliphatic heterocycles. The molecule has 0 amide bonds. The Morgan fingerprint density at radius 3 is 2.29 bits per heavy atom. The van der Waals surface area contributed by atoms with Crippen LogP contribution in [0.2, 0.25) is 10.0 Å². The lowest BCUT2D eigenvalue weighted by Crippen LogP contribution is -2.27. The summed E-state index contributed by atoms with van der Waals surface area (Å²) < 4.78 is 0. The fourth-order valence-corrected chi connectivity index (χ4v) is 8.21. The van der Waals surface area contributed by atoms with E-state index in [1.54, 1.807) is 0 Å². The molecule has 0 fully saturated rings. The van der Waals surface area contributed by atoms with Crippen LogP contribution in [0.25, 0.3) is 0 Å². The Hall–Kier alpha value is -1.92. The number of likely N-dealkylation sites (N-methyl/N-ethyl adjacent to an activating group) is 2. The van der Waals surface area contributed by atoms with Crippen molar-refractivity contribution in [3.05, 3.63) is 92.6 Å². The standard InChI is InChI=1S/C31H35Cl2N3S2/c1-5-34(6-2)31-21(11-17-29-35(7-3)25-19-23(32)13-15-27(25)37-29)9-10-22(31)12-18-30-36(8-4)26-20-24(33)14-16-28(26)38-30/h11-20,29H,5-10H2,1-4H3. The molecule has 2 aromatic rings. The van der Waals surface area contributed by atoms with Gasteiger partial charge in [-0.25, -0.2) is 0 Å². The maximum Gasteiger partial charge on any atom is 0.0985 e. The van der Waals surface area contributed by atoms with Crippen molar-refractivity contribution in [1.82, 2.24) is 4.90 Å². The van der Waals surface area contributed by atoms with Crippen molar-refractivity contribution in [1.29, 1.82) is 0 Å². The summed E-state index contributed by atoms with van der Waals surface area (Å²) in [6, 6.07) is 12.4. The molecule has 1 atom stereocenters. The first-order valence-corrected chi connectivity index (χ1v) is 16.0. The number of hydrogen-bond donors (Lipinski definition) is 0. The maximum absolute atomic E-state index is 6.32. The van der Waals surface area contributed by atoms with Crippen molar-refractivity contribution in [3.8, 4) is 0 Å². The van der Waals surface area contributed by atoms with Crippen LogP contribution in [0.4, 0.5) is 11.4 Å². The van der Waals surface area contributed by atoms with Gasteiger partial charge in [-0.1, -0.05) is 65.0 Å². The van der Waals surface area contributed by atoms with Gasteiger partial charge < -0.3 is 14.7 Å². The number of nitrogens with zero attached hydrogens (tertiary/aromatic N) is 3. The van der Waals surface area contributed by atoms with Gasteiger partial charge in [0.1, 0.15) is 0 Å². The third-order valence-corrected chi connectivity index (χ3v) is 10.2. The van der Waals surface area contributed by atoms with Gasteiger partial charge in [-0.15, -0.1) is 0 Å². The van der Waals surface area contributed by atoms with Crippen LogP contribution in [-0.4, -0.2) is 36.5 Å². The summed E-state index contributed by atoms with van der Waals surface area (Å²) >= 11 is 16.4. The first-order valence-electron chi connectivity index (χ1n) is 13.5. The van der Waals surface area contributed by atoms with Gasteiger partial charge in [0.05, 0.1) is 21.8 Å².